The van der Waals surface area contributed by atoms with Gasteiger partial charge in [0.25, 0.3) is 5.91 Å². The predicted molar refractivity (Wildman–Crippen MR) is 121 cm³/mol. The summed E-state index contributed by atoms with van der Waals surface area (Å²) in [5.41, 5.74) is -0.226. The van der Waals surface area contributed by atoms with Crippen molar-refractivity contribution in [2.75, 3.05) is 32.8 Å². The highest BCUT2D eigenvalue weighted by Gasteiger charge is 2.50. The molecule has 0 spiro atoms. The number of nitrogens with one attached hydrogen (secondary N) is 2. The molecule has 0 radical (unpaired) electrons. The average molecular weight is 481 g/mol. The molecule has 2 fully saturated rings. The summed E-state index contributed by atoms with van der Waals surface area (Å²) in [6, 6.07) is 5.74. The minimum absolute atomic E-state index is 0.148. The summed E-state index contributed by atoms with van der Waals surface area (Å²) in [7, 11) is -3.58. The maximum Gasteiger partial charge on any atom is 0.325 e. The first kappa shape index (κ1) is 25.1. The number of hydrogen-bond acceptors (Lipinski definition) is 6. The minimum atomic E-state index is -3.58. The number of imide groups is 1. The van der Waals surface area contributed by atoms with Crippen LogP contribution in [0, 0.1) is 0 Å². The second-order valence-corrected chi connectivity index (χ2v) is 10.3. The van der Waals surface area contributed by atoms with Gasteiger partial charge in [0.2, 0.25) is 15.9 Å². The van der Waals surface area contributed by atoms with Gasteiger partial charge in [-0.25, -0.2) is 13.2 Å². The van der Waals surface area contributed by atoms with Gasteiger partial charge in [-0.3, -0.25) is 14.5 Å². The van der Waals surface area contributed by atoms with Gasteiger partial charge in [-0.2, -0.15) is 4.31 Å². The number of amides is 4. The lowest BCUT2D eigenvalue weighted by Gasteiger charge is -2.26. The second kappa shape index (κ2) is 10.6. The topological polar surface area (TPSA) is 125 Å². The van der Waals surface area contributed by atoms with Crippen LogP contribution in [0.3, 0.4) is 0 Å². The fourth-order valence-corrected chi connectivity index (χ4v) is 5.66. The van der Waals surface area contributed by atoms with Crippen molar-refractivity contribution in [2.24, 2.45) is 0 Å². The molecule has 0 atom stereocenters. The number of carbonyl (C=O) groups is 3. The Hall–Kier alpha value is -2.50. The van der Waals surface area contributed by atoms with Gasteiger partial charge in [0.15, 0.2) is 0 Å². The molecule has 0 aromatic heterocycles. The Morgan fingerprint density at radius 1 is 1.09 bits per heavy atom. The zero-order valence-corrected chi connectivity index (χ0v) is 19.9. The van der Waals surface area contributed by atoms with E-state index in [2.05, 4.69) is 10.6 Å². The Balaban J connectivity index is 1.56. The van der Waals surface area contributed by atoms with E-state index in [9.17, 15) is 22.8 Å². The standard InChI is InChI=1S/C22H32N4O6S/c1-3-9-22(10-4-2)20(28)26(21(29)24-22)16-19(27)23-15-17-5-7-18(8-6-17)33(30,31)25-11-13-32-14-12-25/h5-8H,3-4,9-16H2,1-2H3,(H,23,27)(H,24,29). The number of nitrogens with zero attached hydrogens (tertiary/aromatic N) is 2. The van der Waals surface area contributed by atoms with Crippen LogP contribution in [0.5, 0.6) is 0 Å². The molecular formula is C22H32N4O6S. The first-order valence-electron chi connectivity index (χ1n) is 11.3. The van der Waals surface area contributed by atoms with E-state index in [0.717, 1.165) is 17.7 Å². The number of morpholine rings is 1. The molecule has 0 unspecified atom stereocenters. The van der Waals surface area contributed by atoms with Crippen molar-refractivity contribution in [2.45, 2.75) is 56.5 Å². The van der Waals surface area contributed by atoms with Crippen LogP contribution in [0.25, 0.3) is 0 Å². The normalized spacial score (nSPS) is 18.9. The van der Waals surface area contributed by atoms with E-state index in [1.54, 1.807) is 12.1 Å². The summed E-state index contributed by atoms with van der Waals surface area (Å²) in [5, 5.41) is 5.47. The summed E-state index contributed by atoms with van der Waals surface area (Å²) < 4.78 is 32.0. The Labute approximate surface area is 194 Å². The van der Waals surface area contributed by atoms with Crippen molar-refractivity contribution in [1.82, 2.24) is 19.8 Å². The number of rotatable bonds is 10. The van der Waals surface area contributed by atoms with Gasteiger partial charge in [0, 0.05) is 19.6 Å². The molecule has 2 aliphatic heterocycles. The molecule has 11 heteroatoms. The fourth-order valence-electron chi connectivity index (χ4n) is 4.25. The highest BCUT2D eigenvalue weighted by atomic mass is 32.2. The van der Waals surface area contributed by atoms with E-state index in [4.69, 9.17) is 4.74 Å². The van der Waals surface area contributed by atoms with Crippen LogP contribution in [-0.2, 0) is 30.9 Å². The lowest BCUT2D eigenvalue weighted by Crippen LogP contribution is -2.47. The smallest absolute Gasteiger partial charge is 0.325 e. The monoisotopic (exact) mass is 480 g/mol. The number of ether oxygens (including phenoxy) is 1. The number of benzene rings is 1. The van der Waals surface area contributed by atoms with E-state index in [1.165, 1.54) is 16.4 Å². The van der Waals surface area contributed by atoms with Crippen LogP contribution in [0.15, 0.2) is 29.2 Å². The average Bonchev–Trinajstić information content (AvgIpc) is 3.03. The molecule has 0 saturated carbocycles. The first-order valence-corrected chi connectivity index (χ1v) is 12.7. The highest BCUT2D eigenvalue weighted by Crippen LogP contribution is 2.28. The van der Waals surface area contributed by atoms with Gasteiger partial charge in [-0.05, 0) is 30.5 Å². The van der Waals surface area contributed by atoms with Crippen LogP contribution < -0.4 is 10.6 Å². The maximum absolute atomic E-state index is 12.9. The van der Waals surface area contributed by atoms with Gasteiger partial charge < -0.3 is 15.4 Å². The van der Waals surface area contributed by atoms with Crippen LogP contribution in [0.1, 0.15) is 45.1 Å². The quantitative estimate of drug-likeness (QED) is 0.485. The molecular weight excluding hydrogens is 448 g/mol. The number of carbonyl (C=O) groups excluding carboxylic acids is 3. The summed E-state index contributed by atoms with van der Waals surface area (Å²) in [4.78, 5) is 38.8. The van der Waals surface area contributed by atoms with Gasteiger partial charge in [0.05, 0.1) is 18.1 Å². The Bertz CT molecular complexity index is 967. The van der Waals surface area contributed by atoms with E-state index in [1.807, 2.05) is 13.8 Å². The SMILES string of the molecule is CCCC1(CCC)NC(=O)N(CC(=O)NCc2ccc(S(=O)(=O)N3CCOCC3)cc2)C1=O. The van der Waals surface area contributed by atoms with Crippen LogP contribution in [0.4, 0.5) is 4.79 Å². The van der Waals surface area contributed by atoms with Crippen molar-refractivity contribution >= 4 is 27.9 Å². The van der Waals surface area contributed by atoms with Gasteiger partial charge in [-0.1, -0.05) is 38.8 Å². The predicted octanol–water partition coefficient (Wildman–Crippen LogP) is 1.21. The minimum Gasteiger partial charge on any atom is -0.379 e. The van der Waals surface area contributed by atoms with E-state index in [-0.39, 0.29) is 23.9 Å². The third kappa shape index (κ3) is 5.53. The molecule has 1 aromatic carbocycles. The van der Waals surface area contributed by atoms with Crippen molar-refractivity contribution in [1.29, 1.82) is 0 Å². The Morgan fingerprint density at radius 2 is 1.70 bits per heavy atom. The summed E-state index contributed by atoms with van der Waals surface area (Å²) >= 11 is 0. The molecule has 3 rings (SSSR count). The van der Waals surface area contributed by atoms with Gasteiger partial charge in [0.1, 0.15) is 12.1 Å². The third-order valence-corrected chi connectivity index (χ3v) is 7.83. The lowest BCUT2D eigenvalue weighted by atomic mass is 9.88. The van der Waals surface area contributed by atoms with Crippen molar-refractivity contribution in [3.63, 3.8) is 0 Å². The number of hydrogen-bond donors (Lipinski definition) is 2. The molecule has 33 heavy (non-hydrogen) atoms. The summed E-state index contributed by atoms with van der Waals surface area (Å²) in [5.74, 6) is -0.823. The van der Waals surface area contributed by atoms with Crippen molar-refractivity contribution in [3.8, 4) is 0 Å². The third-order valence-electron chi connectivity index (χ3n) is 5.92. The molecule has 0 bridgehead atoms. The summed E-state index contributed by atoms with van der Waals surface area (Å²) in [6.07, 6.45) is 2.54. The fraction of sp³-hybridized carbons (Fsp3) is 0.591. The van der Waals surface area contributed by atoms with Crippen LogP contribution >= 0.6 is 0 Å². The van der Waals surface area contributed by atoms with Crippen LogP contribution in [-0.4, -0.2) is 73.9 Å². The number of urea groups is 1. The maximum atomic E-state index is 12.9. The molecule has 2 N–H and O–H groups in total. The molecule has 2 aliphatic rings. The largest absolute Gasteiger partial charge is 0.379 e. The van der Waals surface area contributed by atoms with E-state index < -0.39 is 27.5 Å². The zero-order valence-electron chi connectivity index (χ0n) is 19.1. The molecule has 2 saturated heterocycles. The summed E-state index contributed by atoms with van der Waals surface area (Å²) in [6.45, 7) is 5.07. The molecule has 0 aliphatic carbocycles. The van der Waals surface area contributed by atoms with Crippen LogP contribution in [0.2, 0.25) is 0 Å². The molecule has 10 nitrogen and oxygen atoms in total. The highest BCUT2D eigenvalue weighted by molar-refractivity contribution is 7.89. The first-order chi connectivity index (χ1) is 15.7. The zero-order chi connectivity index (χ0) is 24.1. The van der Waals surface area contributed by atoms with Gasteiger partial charge in [-0.15, -0.1) is 0 Å². The molecule has 4 amide bonds. The molecule has 1 aromatic rings. The number of sulfonamides is 1. The second-order valence-electron chi connectivity index (χ2n) is 8.34. The molecule has 2 heterocycles. The molecule has 182 valence electrons. The van der Waals surface area contributed by atoms with E-state index in [0.29, 0.717) is 44.7 Å². The van der Waals surface area contributed by atoms with Crippen molar-refractivity contribution in [3.05, 3.63) is 29.8 Å². The Kier molecular flexibility index (Phi) is 8.09. The Morgan fingerprint density at radius 3 is 2.27 bits per heavy atom. The van der Waals surface area contributed by atoms with Crippen molar-refractivity contribution < 1.29 is 27.5 Å². The van der Waals surface area contributed by atoms with Gasteiger partial charge >= 0.3 is 6.03 Å². The lowest BCUT2D eigenvalue weighted by molar-refractivity contribution is -0.135. The van der Waals surface area contributed by atoms with E-state index >= 15 is 0 Å².